The summed E-state index contributed by atoms with van der Waals surface area (Å²) in [7, 11) is 2.56. The molecule has 1 saturated heterocycles. The van der Waals surface area contributed by atoms with Gasteiger partial charge < -0.3 is 9.82 Å². The summed E-state index contributed by atoms with van der Waals surface area (Å²) in [4.78, 5) is 0. The number of hydrogen-bond acceptors (Lipinski definition) is 2. The van der Waals surface area contributed by atoms with E-state index in [0.717, 1.165) is 44.6 Å². The maximum Gasteiger partial charge on any atom is 0.123 e. The molecule has 0 aromatic rings. The van der Waals surface area contributed by atoms with Gasteiger partial charge in [0.2, 0.25) is 0 Å². The second-order valence-electron chi connectivity index (χ2n) is 5.29. The molecule has 0 spiro atoms. The van der Waals surface area contributed by atoms with Gasteiger partial charge >= 0.3 is 0 Å². The predicted molar refractivity (Wildman–Crippen MR) is 95.9 cm³/mol. The van der Waals surface area contributed by atoms with E-state index >= 15 is 0 Å². The third-order valence-electron chi connectivity index (χ3n) is 3.78. The van der Waals surface area contributed by atoms with Gasteiger partial charge in [-0.05, 0) is 38.3 Å². The largest absolute Gasteiger partial charge is 0.492 e. The van der Waals surface area contributed by atoms with E-state index < -0.39 is 0 Å². The van der Waals surface area contributed by atoms with E-state index in [1.54, 1.807) is 6.08 Å². The van der Waals surface area contributed by atoms with Crippen LogP contribution in [-0.2, 0) is 4.74 Å². The lowest BCUT2D eigenvalue weighted by molar-refractivity contribution is 0.178. The van der Waals surface area contributed by atoms with E-state index in [-0.39, 0.29) is 5.41 Å². The average molecular weight is 305 g/mol. The maximum atomic E-state index is 5.95. The van der Waals surface area contributed by atoms with Crippen molar-refractivity contribution < 1.29 is 4.74 Å². The quantitative estimate of drug-likeness (QED) is 0.379. The van der Waals surface area contributed by atoms with Crippen molar-refractivity contribution in [3.8, 4) is 0 Å². The molecule has 0 aromatic carbocycles. The second kappa shape index (κ2) is 9.76. The Morgan fingerprint density at radius 3 is 2.67 bits per heavy atom. The first-order valence-corrected chi connectivity index (χ1v) is 8.19. The first-order valence-electron chi connectivity index (χ1n) is 7.61. The Bertz CT molecular complexity index is 436. The van der Waals surface area contributed by atoms with Crippen LogP contribution in [0.1, 0.15) is 32.6 Å². The van der Waals surface area contributed by atoms with Crippen LogP contribution in [0.3, 0.4) is 0 Å². The highest BCUT2D eigenvalue weighted by molar-refractivity contribution is 7.13. The Morgan fingerprint density at radius 2 is 2.05 bits per heavy atom. The van der Waals surface area contributed by atoms with Crippen molar-refractivity contribution in [2.45, 2.75) is 32.6 Å². The number of nitrogens with one attached hydrogen (secondary N) is 1. The summed E-state index contributed by atoms with van der Waals surface area (Å²) in [5.41, 5.74) is 1.30. The summed E-state index contributed by atoms with van der Waals surface area (Å²) in [5.74, 6) is 0.939. The third-order valence-corrected chi connectivity index (χ3v) is 4.07. The van der Waals surface area contributed by atoms with Gasteiger partial charge in [0.1, 0.15) is 5.76 Å². The molecule has 1 fully saturated rings. The summed E-state index contributed by atoms with van der Waals surface area (Å²) in [6.07, 6.45) is 16.5. The van der Waals surface area contributed by atoms with Gasteiger partial charge in [-0.3, -0.25) is 0 Å². The van der Waals surface area contributed by atoms with Gasteiger partial charge in [0.25, 0.3) is 0 Å². The summed E-state index contributed by atoms with van der Waals surface area (Å²) < 4.78 is 5.95. The van der Waals surface area contributed by atoms with Gasteiger partial charge in [-0.25, -0.2) is 0 Å². The van der Waals surface area contributed by atoms with Crippen molar-refractivity contribution in [2.75, 3.05) is 13.2 Å². The fourth-order valence-corrected chi connectivity index (χ4v) is 2.94. The van der Waals surface area contributed by atoms with Gasteiger partial charge in [-0.15, -0.1) is 0 Å². The molecule has 2 unspecified atom stereocenters. The van der Waals surface area contributed by atoms with E-state index in [9.17, 15) is 0 Å². The van der Waals surface area contributed by atoms with Crippen LogP contribution in [0.15, 0.2) is 60.9 Å². The van der Waals surface area contributed by atoms with Crippen LogP contribution < -0.4 is 5.09 Å². The molecule has 21 heavy (non-hydrogen) atoms. The average Bonchev–Trinajstić information content (AvgIpc) is 2.80. The molecule has 3 heteroatoms. The fourth-order valence-electron chi connectivity index (χ4n) is 2.74. The molecule has 1 heterocycles. The van der Waals surface area contributed by atoms with Crippen molar-refractivity contribution in [1.82, 2.24) is 5.09 Å². The summed E-state index contributed by atoms with van der Waals surface area (Å²) in [6.45, 7) is 11.5. The van der Waals surface area contributed by atoms with E-state index in [0.29, 0.717) is 0 Å². The number of hydrogen-bond donors (Lipinski definition) is 1. The first kappa shape index (κ1) is 17.9. The molecule has 0 radical (unpaired) electrons. The van der Waals surface area contributed by atoms with Crippen LogP contribution >= 0.6 is 9.39 Å². The Balaban J connectivity index is 3.05. The van der Waals surface area contributed by atoms with Crippen molar-refractivity contribution in [1.29, 1.82) is 0 Å². The predicted octanol–water partition coefficient (Wildman–Crippen LogP) is 4.70. The zero-order chi connectivity index (χ0) is 15.6. The van der Waals surface area contributed by atoms with Crippen molar-refractivity contribution in [3.63, 3.8) is 0 Å². The van der Waals surface area contributed by atoms with Gasteiger partial charge in [-0.2, -0.15) is 0 Å². The molecule has 0 bridgehead atoms. The third kappa shape index (κ3) is 4.98. The minimum absolute atomic E-state index is 0.0518. The highest BCUT2D eigenvalue weighted by Gasteiger charge is 2.41. The molecule has 116 valence electrons. The lowest BCUT2D eigenvalue weighted by Crippen LogP contribution is -2.23. The zero-order valence-electron chi connectivity index (χ0n) is 13.1. The van der Waals surface area contributed by atoms with Crippen molar-refractivity contribution >= 4 is 9.39 Å². The molecule has 1 aliphatic rings. The minimum atomic E-state index is 0.0518. The number of rotatable bonds is 9. The van der Waals surface area contributed by atoms with Gasteiger partial charge in [0.15, 0.2) is 0 Å². The lowest BCUT2D eigenvalue weighted by atomic mass is 9.74. The van der Waals surface area contributed by atoms with Crippen molar-refractivity contribution in [3.05, 3.63) is 60.9 Å². The van der Waals surface area contributed by atoms with Crippen LogP contribution in [0.4, 0.5) is 0 Å². The van der Waals surface area contributed by atoms with Crippen LogP contribution in [0.25, 0.3) is 0 Å². The summed E-state index contributed by atoms with van der Waals surface area (Å²) >= 11 is 0. The molecule has 0 aliphatic carbocycles. The molecule has 0 saturated carbocycles. The first-order chi connectivity index (χ1) is 10.2. The van der Waals surface area contributed by atoms with Crippen LogP contribution in [-0.4, -0.2) is 13.2 Å². The molecule has 0 amide bonds. The van der Waals surface area contributed by atoms with E-state index in [1.807, 2.05) is 12.2 Å². The lowest BCUT2D eigenvalue weighted by Gasteiger charge is -2.27. The van der Waals surface area contributed by atoms with Gasteiger partial charge in [0, 0.05) is 11.0 Å². The fraction of sp³-hybridized carbons (Fsp3) is 0.444. The summed E-state index contributed by atoms with van der Waals surface area (Å²) in [5, 5.41) is 3.15. The van der Waals surface area contributed by atoms with Crippen molar-refractivity contribution in [2.24, 2.45) is 5.41 Å². The Morgan fingerprint density at radius 1 is 1.29 bits per heavy atom. The molecule has 2 nitrogen and oxygen atoms in total. The Hall–Kier alpha value is -1.11. The maximum absolute atomic E-state index is 5.95. The van der Waals surface area contributed by atoms with Crippen LogP contribution in [0, 0.1) is 5.41 Å². The molecular weight excluding hydrogens is 277 g/mol. The van der Waals surface area contributed by atoms with E-state index in [1.165, 1.54) is 5.57 Å². The highest BCUT2D eigenvalue weighted by Crippen LogP contribution is 2.47. The molecule has 1 aliphatic heterocycles. The molecule has 1 rings (SSSR count). The smallest absolute Gasteiger partial charge is 0.123 e. The second-order valence-corrected chi connectivity index (χ2v) is 5.70. The SMILES string of the molecule is C=CC=C1/C(=C\C=C)OCC1(C/C=C\CC)CCCNP. The van der Waals surface area contributed by atoms with Gasteiger partial charge in [-0.1, -0.05) is 59.9 Å². The molecular formula is C18H28NOP. The summed E-state index contributed by atoms with van der Waals surface area (Å²) in [6, 6.07) is 0. The van der Waals surface area contributed by atoms with Crippen LogP contribution in [0.2, 0.25) is 0 Å². The number of allylic oxidation sites excluding steroid dienone is 7. The Kier molecular flexibility index (Phi) is 8.34. The topological polar surface area (TPSA) is 21.3 Å². The monoisotopic (exact) mass is 305 g/mol. The standard InChI is InChI=1S/C18H28NOP/c1-4-7-8-12-18(13-9-14-19-21)15-20-17(11-6-3)16(18)10-5-2/h5-8,10-11,19H,2-4,9,12-15,21H2,1H3/b8-7-,16-10?,17-11+. The Labute approximate surface area is 132 Å². The van der Waals surface area contributed by atoms with Gasteiger partial charge in [0.05, 0.1) is 6.61 Å². The molecule has 1 N–H and O–H groups in total. The normalized spacial score (nSPS) is 25.6. The van der Waals surface area contributed by atoms with Crippen LogP contribution in [0.5, 0.6) is 0 Å². The highest BCUT2D eigenvalue weighted by atomic mass is 31.0. The molecule has 0 aromatic heterocycles. The van der Waals surface area contributed by atoms with E-state index in [4.69, 9.17) is 4.74 Å². The number of ether oxygens (including phenoxy) is 1. The molecule has 2 atom stereocenters. The minimum Gasteiger partial charge on any atom is -0.492 e. The zero-order valence-corrected chi connectivity index (χ0v) is 14.3. The van der Waals surface area contributed by atoms with E-state index in [2.05, 4.69) is 52.8 Å².